The van der Waals surface area contributed by atoms with Gasteiger partial charge in [-0.2, -0.15) is 8.78 Å². The van der Waals surface area contributed by atoms with Crippen LogP contribution in [0.4, 0.5) is 8.78 Å². The van der Waals surface area contributed by atoms with Gasteiger partial charge in [-0.3, -0.25) is 4.57 Å². The van der Waals surface area contributed by atoms with E-state index in [0.29, 0.717) is 0 Å². The molecule has 0 radical (unpaired) electrons. The van der Waals surface area contributed by atoms with Crippen molar-refractivity contribution < 1.29 is 21.8 Å². The molecule has 0 aromatic carbocycles. The Morgan fingerprint density at radius 1 is 1.00 bits per heavy atom. The summed E-state index contributed by atoms with van der Waals surface area (Å²) in [7, 11) is -9.20. The summed E-state index contributed by atoms with van der Waals surface area (Å²) in [6.07, 6.45) is 0. The Kier molecular flexibility index (Phi) is 5.17. The first-order valence-electron chi connectivity index (χ1n) is 4.75. The predicted octanol–water partition coefficient (Wildman–Crippen LogP) is 4.83. The third-order valence-corrected chi connectivity index (χ3v) is 9.33. The molecule has 0 aliphatic heterocycles. The summed E-state index contributed by atoms with van der Waals surface area (Å²) in [6, 6.07) is 0. The SMILES string of the molecule is C[Si](C)(C)OP(=O)(O[Si](C)(C)C)C(F)(F)Br. The summed E-state index contributed by atoms with van der Waals surface area (Å²) in [5.41, 5.74) is 0. The van der Waals surface area contributed by atoms with E-state index in [4.69, 9.17) is 8.43 Å². The molecule has 0 bridgehead atoms. The predicted molar refractivity (Wildman–Crippen MR) is 70.3 cm³/mol. The molecule has 0 amide bonds. The van der Waals surface area contributed by atoms with Crippen LogP contribution in [0.5, 0.6) is 0 Å². The number of alkyl halides is 3. The van der Waals surface area contributed by atoms with Crippen LogP contribution in [-0.2, 0) is 13.0 Å². The van der Waals surface area contributed by atoms with Gasteiger partial charge in [0.25, 0.3) is 0 Å². The Morgan fingerprint density at radius 2 is 1.25 bits per heavy atom. The van der Waals surface area contributed by atoms with Gasteiger partial charge in [-0.05, 0) is 39.3 Å². The van der Waals surface area contributed by atoms with Crippen LogP contribution in [0.25, 0.3) is 0 Å². The van der Waals surface area contributed by atoms with E-state index in [1.54, 1.807) is 39.3 Å². The van der Waals surface area contributed by atoms with Gasteiger partial charge in [-0.25, -0.2) is 0 Å². The molecule has 0 N–H and O–H groups in total. The molecule has 0 saturated carbocycles. The molecule has 3 nitrogen and oxygen atoms in total. The quantitative estimate of drug-likeness (QED) is 0.403. The van der Waals surface area contributed by atoms with Crippen molar-refractivity contribution in [2.24, 2.45) is 0 Å². The smallest absolute Gasteiger partial charge is 0.347 e. The maximum atomic E-state index is 13.3. The molecule has 9 heteroatoms. The Morgan fingerprint density at radius 3 is 1.38 bits per heavy atom. The van der Waals surface area contributed by atoms with Gasteiger partial charge in [0.2, 0.25) is 0 Å². The van der Waals surface area contributed by atoms with Crippen molar-refractivity contribution in [3.8, 4) is 0 Å². The van der Waals surface area contributed by atoms with Gasteiger partial charge in [0.1, 0.15) is 0 Å². The van der Waals surface area contributed by atoms with Crippen LogP contribution in [0.1, 0.15) is 0 Å². The van der Waals surface area contributed by atoms with E-state index in [-0.39, 0.29) is 0 Å². The number of hydrogen-bond donors (Lipinski definition) is 0. The average Bonchev–Trinajstić information content (AvgIpc) is 1.72. The zero-order valence-electron chi connectivity index (χ0n) is 10.3. The third-order valence-electron chi connectivity index (χ3n) is 1.10. The number of rotatable bonds is 5. The van der Waals surface area contributed by atoms with Gasteiger partial charge >= 0.3 is 12.2 Å². The normalized spacial score (nSPS) is 15.3. The van der Waals surface area contributed by atoms with Crippen LogP contribution in [0.2, 0.25) is 39.3 Å². The van der Waals surface area contributed by atoms with Crippen molar-refractivity contribution >= 4 is 40.2 Å². The second-order valence-corrected chi connectivity index (χ2v) is 18.4. The maximum Gasteiger partial charge on any atom is 0.397 e. The van der Waals surface area contributed by atoms with Crippen molar-refractivity contribution in [1.82, 2.24) is 0 Å². The van der Waals surface area contributed by atoms with Crippen molar-refractivity contribution in [3.05, 3.63) is 0 Å². The first-order valence-corrected chi connectivity index (χ1v) is 13.9. The molecule has 98 valence electrons. The fourth-order valence-electron chi connectivity index (χ4n) is 0.843. The van der Waals surface area contributed by atoms with E-state index in [9.17, 15) is 13.3 Å². The lowest BCUT2D eigenvalue weighted by molar-refractivity contribution is 0.162. The molecule has 0 unspecified atom stereocenters. The molecule has 0 aromatic heterocycles. The molecule has 0 atom stereocenters. The highest BCUT2D eigenvalue weighted by Crippen LogP contribution is 2.67. The zero-order valence-corrected chi connectivity index (χ0v) is 14.8. The topological polar surface area (TPSA) is 35.5 Å². The van der Waals surface area contributed by atoms with E-state index in [0.717, 1.165) is 0 Å². The Hall–Kier alpha value is 0.924. The lowest BCUT2D eigenvalue weighted by atomic mass is 11.7. The zero-order chi connectivity index (χ0) is 13.4. The van der Waals surface area contributed by atoms with Crippen molar-refractivity contribution in [2.75, 3.05) is 0 Å². The molecule has 0 aliphatic rings. The molecule has 0 saturated heterocycles. The van der Waals surface area contributed by atoms with Crippen molar-refractivity contribution in [3.63, 3.8) is 0 Å². The van der Waals surface area contributed by atoms with Gasteiger partial charge in [-0.15, -0.1) is 0 Å². The fourth-order valence-corrected chi connectivity index (χ4v) is 9.23. The maximum absolute atomic E-state index is 13.3. The minimum Gasteiger partial charge on any atom is -0.347 e. The largest absolute Gasteiger partial charge is 0.397 e. The number of hydrogen-bond acceptors (Lipinski definition) is 3. The van der Waals surface area contributed by atoms with Crippen LogP contribution in [0, 0.1) is 0 Å². The first kappa shape index (κ1) is 16.9. The summed E-state index contributed by atoms with van der Waals surface area (Å²) in [5.74, 6) is 0. The highest BCUT2D eigenvalue weighted by Gasteiger charge is 2.55. The van der Waals surface area contributed by atoms with Gasteiger partial charge in [0, 0.05) is 15.9 Å². The van der Waals surface area contributed by atoms with Gasteiger partial charge < -0.3 is 8.43 Å². The van der Waals surface area contributed by atoms with E-state index in [1.807, 2.05) is 0 Å². The third kappa shape index (κ3) is 6.02. The molecule has 16 heavy (non-hydrogen) atoms. The van der Waals surface area contributed by atoms with Crippen LogP contribution < -0.4 is 0 Å². The molecule has 0 fully saturated rings. The second-order valence-electron chi connectivity index (χ2n) is 5.37. The lowest BCUT2D eigenvalue weighted by Gasteiger charge is -2.32. The lowest BCUT2D eigenvalue weighted by Crippen LogP contribution is -2.33. The Bertz CT molecular complexity index is 275. The van der Waals surface area contributed by atoms with Crippen LogP contribution in [-0.4, -0.2) is 21.2 Å². The summed E-state index contributed by atoms with van der Waals surface area (Å²) < 4.78 is 45.2. The molecule has 0 heterocycles. The minimum absolute atomic E-state index is 1.69. The highest BCUT2D eigenvalue weighted by atomic mass is 79.9. The van der Waals surface area contributed by atoms with Gasteiger partial charge in [0.05, 0.1) is 0 Å². The van der Waals surface area contributed by atoms with E-state index >= 15 is 0 Å². The molecule has 0 rings (SSSR count). The van der Waals surface area contributed by atoms with Crippen LogP contribution >= 0.6 is 23.5 Å². The van der Waals surface area contributed by atoms with Crippen molar-refractivity contribution in [2.45, 2.75) is 43.9 Å². The van der Waals surface area contributed by atoms with E-state index < -0.39 is 28.8 Å². The minimum atomic E-state index is -4.44. The molecule has 0 aliphatic carbocycles. The van der Waals surface area contributed by atoms with Gasteiger partial charge in [-0.1, -0.05) is 0 Å². The second kappa shape index (κ2) is 4.89. The van der Waals surface area contributed by atoms with Crippen LogP contribution in [0.15, 0.2) is 0 Å². The molecular weight excluding hydrogens is 337 g/mol. The monoisotopic (exact) mass is 354 g/mol. The summed E-state index contributed by atoms with van der Waals surface area (Å²) in [5, 5.41) is 0. The summed E-state index contributed by atoms with van der Waals surface area (Å²) in [6.45, 7) is 10.1. The molecule has 0 aromatic rings. The van der Waals surface area contributed by atoms with E-state index in [1.165, 1.54) is 0 Å². The number of halogens is 3. The average molecular weight is 355 g/mol. The summed E-state index contributed by atoms with van der Waals surface area (Å²) >= 11 is 2.10. The standard InChI is InChI=1S/C7H18BrF2O3PSi2/c1-15(2,3)12-14(11,7(8,9)10)13-16(4,5)6/h1-6H3. The highest BCUT2D eigenvalue weighted by molar-refractivity contribution is 9.11. The fraction of sp³-hybridized carbons (Fsp3) is 1.00. The molecular formula is C7H18BrF2O3PSi2. The Balaban J connectivity index is 5.16. The summed E-state index contributed by atoms with van der Waals surface area (Å²) in [4.78, 5) is 0. The van der Waals surface area contributed by atoms with E-state index in [2.05, 4.69) is 15.9 Å². The first-order chi connectivity index (χ1) is 6.66. The van der Waals surface area contributed by atoms with Crippen LogP contribution in [0.3, 0.4) is 0 Å². The Labute approximate surface area is 106 Å². The van der Waals surface area contributed by atoms with Crippen molar-refractivity contribution in [1.29, 1.82) is 0 Å². The van der Waals surface area contributed by atoms with Gasteiger partial charge in [0.15, 0.2) is 16.6 Å². The molecule has 0 spiro atoms.